The summed E-state index contributed by atoms with van der Waals surface area (Å²) < 4.78 is 41.6. The summed E-state index contributed by atoms with van der Waals surface area (Å²) >= 11 is 13.0. The fourth-order valence-electron chi connectivity index (χ4n) is 4.96. The Morgan fingerprint density at radius 3 is 2.33 bits per heavy atom. The molecule has 2 aromatic heterocycles. The highest BCUT2D eigenvalue weighted by molar-refractivity contribution is 7.89. The fraction of sp³-hybridized carbons (Fsp3) is 0.357. The normalized spacial score (nSPS) is 17.7. The molecule has 0 amide bonds. The minimum Gasteiger partial charge on any atom is -0.369 e. The zero-order valence-corrected chi connectivity index (χ0v) is 24.8. The van der Waals surface area contributed by atoms with Crippen molar-refractivity contribution in [2.75, 3.05) is 30.3 Å². The Hall–Kier alpha value is -2.50. The number of sulfonamides is 1. The van der Waals surface area contributed by atoms with Crippen molar-refractivity contribution in [2.24, 2.45) is 11.8 Å². The van der Waals surface area contributed by atoms with Crippen LogP contribution in [0.2, 0.25) is 8.67 Å². The molecule has 40 heavy (non-hydrogen) atoms. The van der Waals surface area contributed by atoms with Crippen LogP contribution in [0.5, 0.6) is 0 Å². The van der Waals surface area contributed by atoms with Crippen molar-refractivity contribution in [1.82, 2.24) is 14.7 Å². The molecule has 0 aliphatic heterocycles. The summed E-state index contributed by atoms with van der Waals surface area (Å²) in [7, 11) is -3.68. The molecule has 1 fully saturated rings. The van der Waals surface area contributed by atoms with Crippen LogP contribution in [0.15, 0.2) is 59.5 Å². The summed E-state index contributed by atoms with van der Waals surface area (Å²) in [5, 5.41) is 7.79. The minimum absolute atomic E-state index is 0.0433. The summed E-state index contributed by atoms with van der Waals surface area (Å²) in [4.78, 5) is 9.50. The van der Waals surface area contributed by atoms with Crippen molar-refractivity contribution in [3.05, 3.63) is 74.7 Å². The second-order valence-electron chi connectivity index (χ2n) is 10.0. The molecule has 0 bridgehead atoms. The van der Waals surface area contributed by atoms with Gasteiger partial charge in [0.15, 0.2) is 0 Å². The lowest BCUT2D eigenvalue weighted by Gasteiger charge is -2.28. The number of para-hydroxylation sites is 1. The van der Waals surface area contributed by atoms with Crippen LogP contribution in [0, 0.1) is 17.7 Å². The maximum atomic E-state index is 13.2. The molecule has 3 N–H and O–H groups in total. The molecule has 0 radical (unpaired) electrons. The average Bonchev–Trinajstić information content (AvgIpc) is 3.31. The predicted octanol–water partition coefficient (Wildman–Crippen LogP) is 6.99. The van der Waals surface area contributed by atoms with Gasteiger partial charge < -0.3 is 10.6 Å². The number of benzene rings is 2. The Bertz CT molecular complexity index is 1560. The smallest absolute Gasteiger partial charge is 0.242 e. The lowest BCUT2D eigenvalue weighted by molar-refractivity contribution is 0.284. The number of hydrogen-bond donors (Lipinski definition) is 3. The topological polar surface area (TPSA) is 96.0 Å². The van der Waals surface area contributed by atoms with E-state index in [0.29, 0.717) is 29.3 Å². The van der Waals surface area contributed by atoms with E-state index in [9.17, 15) is 12.8 Å². The van der Waals surface area contributed by atoms with Crippen molar-refractivity contribution in [3.8, 4) is 0 Å². The van der Waals surface area contributed by atoms with E-state index >= 15 is 0 Å². The van der Waals surface area contributed by atoms with Gasteiger partial charge in [-0.1, -0.05) is 47.5 Å². The molecule has 7 nitrogen and oxygen atoms in total. The van der Waals surface area contributed by atoms with Gasteiger partial charge in [-0.2, -0.15) is 4.98 Å². The van der Waals surface area contributed by atoms with Crippen LogP contribution in [0.4, 0.5) is 16.2 Å². The number of hydrogen-bond acceptors (Lipinski definition) is 7. The van der Waals surface area contributed by atoms with Crippen LogP contribution in [0.3, 0.4) is 0 Å². The molecule has 5 rings (SSSR count). The first-order valence-electron chi connectivity index (χ1n) is 13.2. The van der Waals surface area contributed by atoms with Gasteiger partial charge in [-0.15, -0.1) is 11.3 Å². The van der Waals surface area contributed by atoms with Gasteiger partial charge in [0.25, 0.3) is 0 Å². The van der Waals surface area contributed by atoms with E-state index in [2.05, 4.69) is 15.4 Å². The molecule has 1 saturated carbocycles. The maximum absolute atomic E-state index is 13.2. The molecule has 0 spiro atoms. The SMILES string of the molecule is O=S(=O)(NC[C@H]1CC[C@H](CNc2nc(NCCc3ccc(F)cc3)c3ccccc3n2)CC1)c1cc(Cl)sc1Cl. The first-order chi connectivity index (χ1) is 19.3. The molecule has 4 aromatic rings. The molecule has 212 valence electrons. The highest BCUT2D eigenvalue weighted by Crippen LogP contribution is 2.35. The number of aromatic nitrogens is 2. The van der Waals surface area contributed by atoms with Crippen molar-refractivity contribution in [2.45, 2.75) is 37.0 Å². The van der Waals surface area contributed by atoms with Crippen molar-refractivity contribution in [3.63, 3.8) is 0 Å². The van der Waals surface area contributed by atoms with Gasteiger partial charge in [0.2, 0.25) is 16.0 Å². The molecule has 12 heteroatoms. The summed E-state index contributed by atoms with van der Waals surface area (Å²) in [5.41, 5.74) is 1.90. The van der Waals surface area contributed by atoms with Crippen LogP contribution in [0.25, 0.3) is 10.9 Å². The lowest BCUT2D eigenvalue weighted by atomic mass is 9.82. The van der Waals surface area contributed by atoms with Gasteiger partial charge in [0, 0.05) is 25.0 Å². The van der Waals surface area contributed by atoms with Crippen LogP contribution in [-0.4, -0.2) is 38.0 Å². The van der Waals surface area contributed by atoms with Gasteiger partial charge in [0.05, 0.1) is 9.85 Å². The lowest BCUT2D eigenvalue weighted by Crippen LogP contribution is -2.32. The largest absolute Gasteiger partial charge is 0.369 e. The van der Waals surface area contributed by atoms with Gasteiger partial charge in [0.1, 0.15) is 20.9 Å². The van der Waals surface area contributed by atoms with Crippen molar-refractivity contribution in [1.29, 1.82) is 0 Å². The Morgan fingerprint density at radius 2 is 1.62 bits per heavy atom. The van der Waals surface area contributed by atoms with E-state index in [-0.39, 0.29) is 21.0 Å². The molecule has 0 atom stereocenters. The summed E-state index contributed by atoms with van der Waals surface area (Å²) in [6.45, 7) is 1.79. The van der Waals surface area contributed by atoms with Crippen LogP contribution in [-0.2, 0) is 16.4 Å². The third-order valence-electron chi connectivity index (χ3n) is 7.21. The molecule has 1 aliphatic carbocycles. The maximum Gasteiger partial charge on any atom is 0.242 e. The number of thiophene rings is 1. The Kier molecular flexibility index (Phi) is 9.42. The standard InChI is InChI=1S/C28H30Cl2FN5O2S2/c29-25-15-24(26(30)39-25)40(37,38)34-17-20-7-5-19(6-8-20)16-33-28-35-23-4-2-1-3-22(23)27(36-28)32-14-13-18-9-11-21(31)12-10-18/h1-4,9-12,15,19-20,34H,5-8,13-14,16-17H2,(H2,32,33,35,36)/t19-,20-. The Labute approximate surface area is 247 Å². The molecule has 0 unspecified atom stereocenters. The molecular weight excluding hydrogens is 592 g/mol. The Balaban J connectivity index is 1.13. The number of fused-ring (bicyclic) bond motifs is 1. The summed E-state index contributed by atoms with van der Waals surface area (Å²) in [6.07, 6.45) is 4.58. The quantitative estimate of drug-likeness (QED) is 0.167. The van der Waals surface area contributed by atoms with E-state index in [0.717, 1.165) is 72.3 Å². The Morgan fingerprint density at radius 1 is 0.925 bits per heavy atom. The fourth-order valence-corrected chi connectivity index (χ4v) is 8.22. The van der Waals surface area contributed by atoms with E-state index < -0.39 is 10.0 Å². The number of halogens is 3. The average molecular weight is 623 g/mol. The molecule has 1 aliphatic rings. The molecular formula is C28H30Cl2FN5O2S2. The number of nitrogens with zero attached hydrogens (tertiary/aromatic N) is 2. The second kappa shape index (κ2) is 13.0. The zero-order valence-electron chi connectivity index (χ0n) is 21.7. The third-order valence-corrected chi connectivity index (χ3v) is 10.4. The van der Waals surface area contributed by atoms with Crippen molar-refractivity contribution < 1.29 is 12.8 Å². The zero-order chi connectivity index (χ0) is 28.1. The highest BCUT2D eigenvalue weighted by Gasteiger charge is 2.25. The third kappa shape index (κ3) is 7.41. The van der Waals surface area contributed by atoms with Crippen molar-refractivity contribution >= 4 is 67.2 Å². The first kappa shape index (κ1) is 29.0. The number of rotatable bonds is 11. The van der Waals surface area contributed by atoms with Gasteiger partial charge >= 0.3 is 0 Å². The first-order valence-corrected chi connectivity index (χ1v) is 16.3. The number of anilines is 2. The van der Waals surface area contributed by atoms with Crippen LogP contribution >= 0.6 is 34.5 Å². The van der Waals surface area contributed by atoms with Gasteiger partial charge in [-0.05, 0) is 79.8 Å². The second-order valence-corrected chi connectivity index (χ2v) is 14.0. The van der Waals surface area contributed by atoms with Crippen LogP contribution in [0.1, 0.15) is 31.2 Å². The van der Waals surface area contributed by atoms with Crippen LogP contribution < -0.4 is 15.4 Å². The van der Waals surface area contributed by atoms with E-state index in [4.69, 9.17) is 33.2 Å². The van der Waals surface area contributed by atoms with Gasteiger partial charge in [-0.25, -0.2) is 22.5 Å². The monoisotopic (exact) mass is 621 g/mol. The molecule has 2 heterocycles. The summed E-state index contributed by atoms with van der Waals surface area (Å²) in [6, 6.07) is 15.8. The van der Waals surface area contributed by atoms with E-state index in [1.165, 1.54) is 18.2 Å². The molecule has 0 saturated heterocycles. The van der Waals surface area contributed by atoms with E-state index in [1.807, 2.05) is 24.3 Å². The van der Waals surface area contributed by atoms with E-state index in [1.54, 1.807) is 12.1 Å². The van der Waals surface area contributed by atoms with Gasteiger partial charge in [-0.3, -0.25) is 0 Å². The minimum atomic E-state index is -3.68. The summed E-state index contributed by atoms with van der Waals surface area (Å²) in [5.74, 6) is 1.82. The molecule has 2 aromatic carbocycles. The predicted molar refractivity (Wildman–Crippen MR) is 162 cm³/mol. The highest BCUT2D eigenvalue weighted by atomic mass is 35.5. The number of nitrogens with one attached hydrogen (secondary N) is 3.